The Bertz CT molecular complexity index is 843. The second-order valence-corrected chi connectivity index (χ2v) is 15.6. The molecule has 1 saturated heterocycles. The molecule has 0 N–H and O–H groups in total. The van der Waals surface area contributed by atoms with Gasteiger partial charge in [-0.05, 0) is 69.7 Å². The van der Waals surface area contributed by atoms with Gasteiger partial charge in [0.25, 0.3) is 0 Å². The molecule has 0 aromatic carbocycles. The van der Waals surface area contributed by atoms with Crippen LogP contribution in [0, 0.1) is 34.5 Å². The zero-order chi connectivity index (χ0) is 21.0. The SMILES string of the molecule is C=C1C[C@]23C[C@H]1CCC2[C@@]12C=C[C@H](O[Si](C)(C)C)C(C)(C(=O)O1)C2C3C(=O)OC. The summed E-state index contributed by atoms with van der Waals surface area (Å²) in [5.74, 6) is -0.448. The lowest BCUT2D eigenvalue weighted by Gasteiger charge is -2.43. The molecule has 8 atom stereocenters. The third-order valence-electron chi connectivity index (χ3n) is 8.65. The molecular formula is C23H32O5Si. The molecule has 1 heterocycles. The number of esters is 2. The lowest BCUT2D eigenvalue weighted by atomic mass is 9.61. The third-order valence-corrected chi connectivity index (χ3v) is 9.62. The van der Waals surface area contributed by atoms with Crippen molar-refractivity contribution in [1.82, 2.24) is 0 Å². The maximum absolute atomic E-state index is 13.4. The van der Waals surface area contributed by atoms with E-state index < -0.39 is 19.3 Å². The standard InChI is InChI=1S/C23H32O5Si/c1-13-11-22-12-14(13)7-8-15(22)23-10-9-16(28-29(4,5)6)21(2,20(25)27-23)18(23)17(22)19(24)26-3/h9-10,14-18H,1,7-8,11-12H2,2-6H3/t14-,15?,16+,17?,18?,21?,22+,23-/m1/s1. The lowest BCUT2D eigenvalue weighted by molar-refractivity contribution is -0.162. The van der Waals surface area contributed by atoms with Gasteiger partial charge in [0.1, 0.15) is 11.0 Å². The van der Waals surface area contributed by atoms with Crippen LogP contribution in [0.3, 0.4) is 0 Å². The Morgan fingerprint density at radius 1 is 1.31 bits per heavy atom. The molecule has 158 valence electrons. The number of hydrogen-bond donors (Lipinski definition) is 0. The zero-order valence-corrected chi connectivity index (χ0v) is 19.1. The van der Waals surface area contributed by atoms with E-state index in [1.54, 1.807) is 0 Å². The Morgan fingerprint density at radius 2 is 2.03 bits per heavy atom. The summed E-state index contributed by atoms with van der Waals surface area (Å²) < 4.78 is 18.1. The molecule has 4 aliphatic carbocycles. The molecule has 0 aromatic heterocycles. The van der Waals surface area contributed by atoms with Gasteiger partial charge in [-0.15, -0.1) is 0 Å². The summed E-state index contributed by atoms with van der Waals surface area (Å²) in [5.41, 5.74) is -0.570. The Hall–Kier alpha value is -1.40. The quantitative estimate of drug-likeness (QED) is 0.397. The van der Waals surface area contributed by atoms with Gasteiger partial charge in [0.15, 0.2) is 8.32 Å². The van der Waals surface area contributed by atoms with Crippen LogP contribution in [-0.4, -0.2) is 39.1 Å². The molecule has 5 nitrogen and oxygen atoms in total. The van der Waals surface area contributed by atoms with Gasteiger partial charge in [-0.2, -0.15) is 0 Å². The Morgan fingerprint density at radius 3 is 2.69 bits per heavy atom. The van der Waals surface area contributed by atoms with E-state index in [0.717, 1.165) is 25.7 Å². The maximum atomic E-state index is 13.4. The van der Waals surface area contributed by atoms with E-state index in [9.17, 15) is 9.59 Å². The Balaban J connectivity index is 1.70. The van der Waals surface area contributed by atoms with Crippen LogP contribution in [0.1, 0.15) is 32.6 Å². The molecule has 4 fully saturated rings. The van der Waals surface area contributed by atoms with Gasteiger partial charge >= 0.3 is 11.9 Å². The average molecular weight is 417 g/mol. The molecule has 0 amide bonds. The normalized spacial score (nSPS) is 49.6. The van der Waals surface area contributed by atoms with Crippen LogP contribution in [0.2, 0.25) is 19.6 Å². The summed E-state index contributed by atoms with van der Waals surface area (Å²) in [6, 6.07) is 0. The second-order valence-electron chi connectivity index (χ2n) is 11.1. The van der Waals surface area contributed by atoms with E-state index in [-0.39, 0.29) is 41.2 Å². The van der Waals surface area contributed by atoms with Crippen LogP contribution < -0.4 is 0 Å². The number of carbonyl (C=O) groups is 2. The summed E-state index contributed by atoms with van der Waals surface area (Å²) in [5, 5.41) is 0. The first kappa shape index (κ1) is 19.6. The fourth-order valence-electron chi connectivity index (χ4n) is 7.78. The molecular weight excluding hydrogens is 384 g/mol. The van der Waals surface area contributed by atoms with Crippen molar-refractivity contribution in [1.29, 1.82) is 0 Å². The molecule has 3 saturated carbocycles. The van der Waals surface area contributed by atoms with Crippen molar-refractivity contribution in [3.05, 3.63) is 24.3 Å². The van der Waals surface area contributed by atoms with Crippen LogP contribution in [0.4, 0.5) is 0 Å². The molecule has 29 heavy (non-hydrogen) atoms. The zero-order valence-electron chi connectivity index (χ0n) is 18.1. The molecule has 0 radical (unpaired) electrons. The fourth-order valence-corrected chi connectivity index (χ4v) is 8.86. The highest BCUT2D eigenvalue weighted by Crippen LogP contribution is 2.77. The van der Waals surface area contributed by atoms with Crippen molar-refractivity contribution in [2.24, 2.45) is 34.5 Å². The van der Waals surface area contributed by atoms with Crippen LogP contribution in [0.15, 0.2) is 24.3 Å². The molecule has 5 aliphatic rings. The van der Waals surface area contributed by atoms with E-state index in [0.29, 0.717) is 5.92 Å². The van der Waals surface area contributed by atoms with E-state index in [4.69, 9.17) is 13.9 Å². The largest absolute Gasteiger partial charge is 0.469 e. The summed E-state index contributed by atoms with van der Waals surface area (Å²) in [4.78, 5) is 26.7. The number of fused-ring (bicyclic) bond motifs is 1. The van der Waals surface area contributed by atoms with Gasteiger partial charge in [-0.25, -0.2) is 0 Å². The minimum absolute atomic E-state index is 0.134. The molecule has 1 aliphatic heterocycles. The maximum Gasteiger partial charge on any atom is 0.316 e. The van der Waals surface area contributed by atoms with Gasteiger partial charge in [0.05, 0.1) is 19.1 Å². The monoisotopic (exact) mass is 416 g/mol. The van der Waals surface area contributed by atoms with Crippen LogP contribution in [-0.2, 0) is 23.5 Å². The minimum atomic E-state index is -1.92. The van der Waals surface area contributed by atoms with Crippen LogP contribution >= 0.6 is 0 Å². The van der Waals surface area contributed by atoms with Gasteiger partial charge in [-0.1, -0.05) is 18.2 Å². The predicted octanol–water partition coefficient (Wildman–Crippen LogP) is 3.86. The molecule has 6 heteroatoms. The first-order valence-electron chi connectivity index (χ1n) is 10.9. The molecule has 5 rings (SSSR count). The number of allylic oxidation sites excluding steroid dienone is 1. The average Bonchev–Trinajstić information content (AvgIpc) is 3.09. The van der Waals surface area contributed by atoms with E-state index in [1.807, 2.05) is 6.92 Å². The van der Waals surface area contributed by atoms with Crippen molar-refractivity contribution in [2.45, 2.75) is 64.0 Å². The first-order valence-corrected chi connectivity index (χ1v) is 14.3. The fraction of sp³-hybridized carbons (Fsp3) is 0.739. The number of hydrogen-bond acceptors (Lipinski definition) is 5. The number of carbonyl (C=O) groups excluding carboxylic acids is 2. The third kappa shape index (κ3) is 2.20. The molecule has 0 aromatic rings. The van der Waals surface area contributed by atoms with Crippen molar-refractivity contribution in [3.63, 3.8) is 0 Å². The van der Waals surface area contributed by atoms with Gasteiger partial charge in [0.2, 0.25) is 0 Å². The van der Waals surface area contributed by atoms with E-state index in [2.05, 4.69) is 38.4 Å². The number of ether oxygens (including phenoxy) is 2. The van der Waals surface area contributed by atoms with Crippen molar-refractivity contribution < 1.29 is 23.5 Å². The highest BCUT2D eigenvalue weighted by atomic mass is 28.4. The molecule has 4 unspecified atom stereocenters. The van der Waals surface area contributed by atoms with Crippen LogP contribution in [0.25, 0.3) is 0 Å². The molecule has 1 spiro atoms. The van der Waals surface area contributed by atoms with Crippen molar-refractivity contribution in [2.75, 3.05) is 7.11 Å². The smallest absolute Gasteiger partial charge is 0.316 e. The van der Waals surface area contributed by atoms with Gasteiger partial charge in [0, 0.05) is 11.8 Å². The topological polar surface area (TPSA) is 61.8 Å². The van der Waals surface area contributed by atoms with E-state index in [1.165, 1.54) is 12.7 Å². The van der Waals surface area contributed by atoms with E-state index >= 15 is 0 Å². The second kappa shape index (κ2) is 5.64. The summed E-state index contributed by atoms with van der Waals surface area (Å²) in [6.07, 6.45) is 7.59. The molecule has 4 bridgehead atoms. The summed E-state index contributed by atoms with van der Waals surface area (Å²) in [6.45, 7) is 12.7. The lowest BCUT2D eigenvalue weighted by Crippen LogP contribution is -2.53. The first-order chi connectivity index (χ1) is 13.5. The van der Waals surface area contributed by atoms with Crippen molar-refractivity contribution in [3.8, 4) is 0 Å². The predicted molar refractivity (Wildman–Crippen MR) is 110 cm³/mol. The summed E-state index contributed by atoms with van der Waals surface area (Å²) in [7, 11) is -0.459. The van der Waals surface area contributed by atoms with Crippen LogP contribution in [0.5, 0.6) is 0 Å². The minimum Gasteiger partial charge on any atom is -0.469 e. The summed E-state index contributed by atoms with van der Waals surface area (Å²) >= 11 is 0. The Labute approximate surface area is 174 Å². The highest BCUT2D eigenvalue weighted by Gasteiger charge is 2.82. The Kier molecular flexibility index (Phi) is 3.80. The van der Waals surface area contributed by atoms with Crippen molar-refractivity contribution >= 4 is 20.3 Å². The number of rotatable bonds is 3. The highest BCUT2D eigenvalue weighted by molar-refractivity contribution is 6.69. The van der Waals surface area contributed by atoms with Gasteiger partial charge < -0.3 is 13.9 Å². The van der Waals surface area contributed by atoms with Gasteiger partial charge in [-0.3, -0.25) is 9.59 Å². The number of methoxy groups -OCH3 is 1.